The minimum atomic E-state index is -5.08. The number of fused-ring (bicyclic) bond motifs is 1. The van der Waals surface area contributed by atoms with E-state index in [0.717, 1.165) is 56.2 Å². The second-order valence-corrected chi connectivity index (χ2v) is 10.2. The second kappa shape index (κ2) is 15.1. The number of imidazole rings is 1. The molecule has 4 heterocycles. The maximum absolute atomic E-state index is 13.3. The number of amides is 1. The maximum Gasteiger partial charge on any atom is 0.490 e. The van der Waals surface area contributed by atoms with Crippen LogP contribution < -0.4 is 0 Å². The molecular formula is C27H34F6N6O5. The van der Waals surface area contributed by atoms with Crippen LogP contribution in [-0.2, 0) is 16.1 Å². The van der Waals surface area contributed by atoms with Crippen LogP contribution in [0.4, 0.5) is 26.3 Å². The number of carboxylic acid groups (broad SMARTS) is 2. The van der Waals surface area contributed by atoms with Crippen LogP contribution in [0.3, 0.4) is 0 Å². The van der Waals surface area contributed by atoms with E-state index in [2.05, 4.69) is 60.8 Å². The van der Waals surface area contributed by atoms with Crippen LogP contribution in [0.5, 0.6) is 0 Å². The molecule has 0 aliphatic carbocycles. The first-order valence-corrected chi connectivity index (χ1v) is 13.2. The molecule has 1 saturated heterocycles. The molecule has 0 saturated carbocycles. The molecule has 3 aromatic heterocycles. The Bertz CT molecular complexity index is 1380. The van der Waals surface area contributed by atoms with E-state index in [1.165, 1.54) is 0 Å². The van der Waals surface area contributed by atoms with E-state index in [1.807, 2.05) is 33.7 Å². The van der Waals surface area contributed by atoms with Crippen LogP contribution in [0.15, 0.2) is 42.9 Å². The van der Waals surface area contributed by atoms with Crippen molar-refractivity contribution in [1.29, 1.82) is 0 Å². The summed E-state index contributed by atoms with van der Waals surface area (Å²) in [5.74, 6) is -4.67. The van der Waals surface area contributed by atoms with E-state index in [9.17, 15) is 31.1 Å². The average Bonchev–Trinajstić information content (AvgIpc) is 3.56. The monoisotopic (exact) mass is 636 g/mol. The molecule has 0 unspecified atom stereocenters. The highest BCUT2D eigenvalue weighted by molar-refractivity contribution is 6.00. The molecule has 0 spiro atoms. The number of aromatic nitrogens is 3. The lowest BCUT2D eigenvalue weighted by Gasteiger charge is -2.36. The summed E-state index contributed by atoms with van der Waals surface area (Å²) in [5.41, 5.74) is 2.44. The topological polar surface area (TPSA) is 124 Å². The fourth-order valence-electron chi connectivity index (χ4n) is 4.02. The Morgan fingerprint density at radius 1 is 0.909 bits per heavy atom. The Morgan fingerprint density at radius 3 is 1.93 bits per heavy atom. The van der Waals surface area contributed by atoms with Gasteiger partial charge in [0.15, 0.2) is 5.69 Å². The van der Waals surface area contributed by atoms with E-state index < -0.39 is 24.3 Å². The van der Waals surface area contributed by atoms with Crippen molar-refractivity contribution in [2.24, 2.45) is 0 Å². The molecule has 17 heteroatoms. The van der Waals surface area contributed by atoms with Crippen molar-refractivity contribution in [1.82, 2.24) is 28.7 Å². The molecule has 44 heavy (non-hydrogen) atoms. The van der Waals surface area contributed by atoms with Gasteiger partial charge in [0.2, 0.25) is 0 Å². The van der Waals surface area contributed by atoms with Gasteiger partial charge in [0, 0.05) is 69.5 Å². The van der Waals surface area contributed by atoms with Crippen molar-refractivity contribution in [2.45, 2.75) is 38.8 Å². The number of piperazine rings is 1. The number of hydrogen-bond acceptors (Lipinski definition) is 6. The van der Waals surface area contributed by atoms with Gasteiger partial charge in [-0.25, -0.2) is 14.6 Å². The van der Waals surface area contributed by atoms with Gasteiger partial charge in [-0.2, -0.15) is 26.3 Å². The van der Waals surface area contributed by atoms with E-state index in [4.69, 9.17) is 24.8 Å². The summed E-state index contributed by atoms with van der Waals surface area (Å²) in [4.78, 5) is 42.5. The van der Waals surface area contributed by atoms with Crippen molar-refractivity contribution in [2.75, 3.05) is 46.8 Å². The van der Waals surface area contributed by atoms with Crippen LogP contribution in [0, 0.1) is 0 Å². The number of carboxylic acids is 2. The maximum atomic E-state index is 13.3. The van der Waals surface area contributed by atoms with Gasteiger partial charge in [-0.3, -0.25) is 14.1 Å². The quantitative estimate of drug-likeness (QED) is 0.392. The molecule has 244 valence electrons. The number of nitrogens with zero attached hydrogens (tertiary/aromatic N) is 6. The summed E-state index contributed by atoms with van der Waals surface area (Å²) >= 11 is 0. The number of carbonyl (C=O) groups excluding carboxylic acids is 1. The summed E-state index contributed by atoms with van der Waals surface area (Å²) < 4.78 is 67.7. The van der Waals surface area contributed by atoms with E-state index in [0.29, 0.717) is 11.7 Å². The zero-order valence-corrected chi connectivity index (χ0v) is 24.4. The fraction of sp³-hybridized carbons (Fsp3) is 0.481. The summed E-state index contributed by atoms with van der Waals surface area (Å²) in [5, 5.41) is 14.2. The number of hydrogen-bond donors (Lipinski definition) is 2. The minimum Gasteiger partial charge on any atom is -0.475 e. The number of halogens is 6. The second-order valence-electron chi connectivity index (χ2n) is 10.2. The zero-order valence-electron chi connectivity index (χ0n) is 24.4. The van der Waals surface area contributed by atoms with E-state index in [-0.39, 0.29) is 5.91 Å². The molecule has 0 bridgehead atoms. The average molecular weight is 637 g/mol. The van der Waals surface area contributed by atoms with Gasteiger partial charge in [0.05, 0.1) is 5.52 Å². The highest BCUT2D eigenvalue weighted by Gasteiger charge is 2.39. The number of alkyl halides is 6. The Morgan fingerprint density at radius 2 is 1.45 bits per heavy atom. The van der Waals surface area contributed by atoms with E-state index in [1.54, 1.807) is 0 Å². The lowest BCUT2D eigenvalue weighted by molar-refractivity contribution is -0.193. The van der Waals surface area contributed by atoms with Gasteiger partial charge >= 0.3 is 24.3 Å². The van der Waals surface area contributed by atoms with Crippen molar-refractivity contribution in [3.8, 4) is 11.4 Å². The third-order valence-electron chi connectivity index (χ3n) is 6.38. The molecule has 1 aliphatic heterocycles. The van der Waals surface area contributed by atoms with E-state index >= 15 is 0 Å². The van der Waals surface area contributed by atoms with Gasteiger partial charge in [-0.05, 0) is 46.1 Å². The first-order chi connectivity index (χ1) is 20.3. The first-order valence-electron chi connectivity index (χ1n) is 13.2. The van der Waals surface area contributed by atoms with Crippen molar-refractivity contribution >= 4 is 23.4 Å². The van der Waals surface area contributed by atoms with Crippen molar-refractivity contribution in [3.05, 3.63) is 48.5 Å². The molecule has 1 aliphatic rings. The van der Waals surface area contributed by atoms with Crippen LogP contribution in [0.25, 0.3) is 16.9 Å². The summed E-state index contributed by atoms with van der Waals surface area (Å²) in [6.45, 7) is 9.63. The van der Waals surface area contributed by atoms with Gasteiger partial charge in [0.1, 0.15) is 5.82 Å². The third-order valence-corrected chi connectivity index (χ3v) is 6.38. The predicted molar refractivity (Wildman–Crippen MR) is 147 cm³/mol. The molecule has 1 amide bonds. The third kappa shape index (κ3) is 10.3. The lowest BCUT2D eigenvalue weighted by atomic mass is 10.2. The number of carbonyl (C=O) groups is 3. The standard InChI is InChI=1S/C23H32N6O.2C2HF3O2/c1-18(2)27-13-15-28(16-14-27)23(30)21-20-7-5-6-9-29(20)22(24-21)19-8-10-26(17-19)12-11-25(3)4;2*3-2(4,5)1(6)7/h5-10,17-18H,11-16H2,1-4H3;2*(H,6,7). The summed E-state index contributed by atoms with van der Waals surface area (Å²) in [6.07, 6.45) is -3.99. The van der Waals surface area contributed by atoms with Crippen LogP contribution >= 0.6 is 0 Å². The van der Waals surface area contributed by atoms with Crippen molar-refractivity contribution in [3.63, 3.8) is 0 Å². The highest BCUT2D eigenvalue weighted by atomic mass is 19.4. The molecular weight excluding hydrogens is 602 g/mol. The predicted octanol–water partition coefficient (Wildman–Crippen LogP) is 3.80. The molecule has 0 aromatic carbocycles. The molecule has 0 atom stereocenters. The van der Waals surface area contributed by atoms with Crippen molar-refractivity contribution < 1.29 is 50.9 Å². The smallest absolute Gasteiger partial charge is 0.475 e. The van der Waals surface area contributed by atoms with Gasteiger partial charge in [-0.15, -0.1) is 0 Å². The Hall–Kier alpha value is -4.12. The van der Waals surface area contributed by atoms with Gasteiger partial charge in [0.25, 0.3) is 5.91 Å². The molecule has 3 aromatic rings. The zero-order chi connectivity index (χ0) is 33.4. The van der Waals surface area contributed by atoms with Crippen LogP contribution in [0.1, 0.15) is 24.3 Å². The first kappa shape index (κ1) is 36.1. The molecule has 2 N–H and O–H groups in total. The minimum absolute atomic E-state index is 0.0281. The summed E-state index contributed by atoms with van der Waals surface area (Å²) in [6, 6.07) is 8.52. The molecule has 11 nitrogen and oxygen atoms in total. The Kier molecular flexibility index (Phi) is 12.3. The lowest BCUT2D eigenvalue weighted by Crippen LogP contribution is -2.50. The normalized spacial score (nSPS) is 14.2. The van der Waals surface area contributed by atoms with Crippen LogP contribution in [0.2, 0.25) is 0 Å². The largest absolute Gasteiger partial charge is 0.490 e. The fourth-order valence-corrected chi connectivity index (χ4v) is 4.02. The molecule has 0 radical (unpaired) electrons. The molecule has 4 rings (SSSR count). The van der Waals surface area contributed by atoms with Gasteiger partial charge in [-0.1, -0.05) is 6.07 Å². The number of likely N-dealkylation sites (N-methyl/N-ethyl adjacent to an activating group) is 1. The number of pyridine rings is 1. The highest BCUT2D eigenvalue weighted by Crippen LogP contribution is 2.25. The number of aliphatic carboxylic acids is 2. The number of rotatable bonds is 6. The Labute approximate surface area is 248 Å². The summed E-state index contributed by atoms with van der Waals surface area (Å²) in [7, 11) is 4.15. The van der Waals surface area contributed by atoms with Gasteiger partial charge < -0.3 is 24.6 Å². The Balaban J connectivity index is 0.000000402. The molecule has 1 fully saturated rings. The SMILES string of the molecule is CC(C)N1CCN(C(=O)c2nc(-c3ccn(CCN(C)C)c3)n3ccccc23)CC1.O=C(O)C(F)(F)F.O=C(O)C(F)(F)F. The van der Waals surface area contributed by atoms with Crippen LogP contribution in [-0.4, -0.2) is 122 Å².